The number of amides is 2. The lowest BCUT2D eigenvalue weighted by atomic mass is 9.71. The number of hydrogen-bond acceptors (Lipinski definition) is 5. The van der Waals surface area contributed by atoms with Gasteiger partial charge in [0.1, 0.15) is 4.88 Å². The smallest absolute Gasteiger partial charge is 0.265 e. The Morgan fingerprint density at radius 1 is 1.60 bits per heavy atom. The van der Waals surface area contributed by atoms with E-state index in [-0.39, 0.29) is 18.4 Å². The Kier molecular flexibility index (Phi) is 3.47. The summed E-state index contributed by atoms with van der Waals surface area (Å²) >= 11 is 1.16. The number of carbonyl (C=O) groups excluding carboxylic acids is 2. The number of aliphatic hydroxyl groups is 1. The summed E-state index contributed by atoms with van der Waals surface area (Å²) in [6.45, 7) is 1.42. The van der Waals surface area contributed by atoms with Gasteiger partial charge in [-0.3, -0.25) is 9.59 Å². The molecule has 0 saturated carbocycles. The van der Waals surface area contributed by atoms with Crippen molar-refractivity contribution in [2.24, 2.45) is 5.41 Å². The Bertz CT molecular complexity index is 519. The third kappa shape index (κ3) is 2.10. The van der Waals surface area contributed by atoms with Gasteiger partial charge in [0.25, 0.3) is 5.91 Å². The zero-order valence-corrected chi connectivity index (χ0v) is 11.9. The average Bonchev–Trinajstić information content (AvgIpc) is 2.98. The molecule has 0 aromatic carbocycles. The Morgan fingerprint density at radius 3 is 3.15 bits per heavy atom. The summed E-state index contributed by atoms with van der Waals surface area (Å²) in [6.07, 6.45) is 2.84. The first-order valence-electron chi connectivity index (χ1n) is 6.80. The molecule has 2 aliphatic heterocycles. The van der Waals surface area contributed by atoms with Crippen molar-refractivity contribution in [3.8, 4) is 0 Å². The van der Waals surface area contributed by atoms with Gasteiger partial charge < -0.3 is 15.3 Å². The molecular formula is C13H17N3O3S. The van der Waals surface area contributed by atoms with E-state index in [1.165, 1.54) is 0 Å². The third-order valence-corrected chi connectivity index (χ3v) is 4.99. The Morgan fingerprint density at radius 2 is 2.45 bits per heavy atom. The van der Waals surface area contributed by atoms with Gasteiger partial charge in [0.15, 0.2) is 0 Å². The SMILES string of the molecule is O=C(c1ccns1)N1CC[C@H](O)[C@@]2(CCCNC2=O)C1. The van der Waals surface area contributed by atoms with E-state index >= 15 is 0 Å². The van der Waals surface area contributed by atoms with Gasteiger partial charge in [-0.1, -0.05) is 0 Å². The fourth-order valence-corrected chi connectivity index (χ4v) is 3.66. The summed E-state index contributed by atoms with van der Waals surface area (Å²) in [7, 11) is 0. The Hall–Kier alpha value is -1.47. The lowest BCUT2D eigenvalue weighted by Gasteiger charge is -2.46. The lowest BCUT2D eigenvalue weighted by molar-refractivity contribution is -0.147. The van der Waals surface area contributed by atoms with Crippen molar-refractivity contribution in [2.75, 3.05) is 19.6 Å². The van der Waals surface area contributed by atoms with Crippen LogP contribution in [0.3, 0.4) is 0 Å². The van der Waals surface area contributed by atoms with E-state index < -0.39 is 11.5 Å². The van der Waals surface area contributed by atoms with Gasteiger partial charge in [-0.2, -0.15) is 0 Å². The van der Waals surface area contributed by atoms with Crippen LogP contribution >= 0.6 is 11.5 Å². The molecule has 1 aromatic heterocycles. The Balaban J connectivity index is 1.82. The van der Waals surface area contributed by atoms with E-state index in [1.807, 2.05) is 0 Å². The number of nitrogens with one attached hydrogen (secondary N) is 1. The molecule has 108 valence electrons. The van der Waals surface area contributed by atoms with E-state index in [1.54, 1.807) is 17.2 Å². The predicted molar refractivity (Wildman–Crippen MR) is 73.3 cm³/mol. The van der Waals surface area contributed by atoms with Crippen molar-refractivity contribution >= 4 is 23.3 Å². The molecule has 3 heterocycles. The Labute approximate surface area is 120 Å². The number of likely N-dealkylation sites (tertiary alicyclic amines) is 1. The lowest BCUT2D eigenvalue weighted by Crippen LogP contribution is -2.62. The molecule has 0 bridgehead atoms. The molecule has 0 aliphatic carbocycles. The van der Waals surface area contributed by atoms with Gasteiger partial charge in [0.2, 0.25) is 5.91 Å². The number of nitrogens with zero attached hydrogens (tertiary/aromatic N) is 2. The molecule has 2 amide bonds. The van der Waals surface area contributed by atoms with E-state index in [0.717, 1.165) is 18.0 Å². The molecule has 3 rings (SSSR count). The molecule has 2 aliphatic rings. The number of carbonyl (C=O) groups is 2. The van der Waals surface area contributed by atoms with Gasteiger partial charge >= 0.3 is 0 Å². The highest BCUT2D eigenvalue weighted by Crippen LogP contribution is 2.37. The fourth-order valence-electron chi connectivity index (χ4n) is 3.10. The van der Waals surface area contributed by atoms with Crippen LogP contribution in [0, 0.1) is 5.41 Å². The van der Waals surface area contributed by atoms with Crippen molar-refractivity contribution in [3.05, 3.63) is 17.1 Å². The standard InChI is InChI=1S/C13H17N3O3S/c17-10-3-7-16(11(18)9-2-6-15-20-9)8-13(10)4-1-5-14-12(13)19/h2,6,10,17H,1,3-5,7-8H2,(H,14,19)/t10-,13+/m0/s1. The molecule has 6 nitrogen and oxygen atoms in total. The summed E-state index contributed by atoms with van der Waals surface area (Å²) in [4.78, 5) is 26.8. The first-order valence-corrected chi connectivity index (χ1v) is 7.57. The molecule has 0 radical (unpaired) electrons. The van der Waals surface area contributed by atoms with Crippen LogP contribution in [0.15, 0.2) is 12.3 Å². The van der Waals surface area contributed by atoms with E-state index in [2.05, 4.69) is 9.69 Å². The van der Waals surface area contributed by atoms with Crippen molar-refractivity contribution in [1.29, 1.82) is 0 Å². The predicted octanol–water partition coefficient (Wildman–Crippen LogP) is 0.246. The minimum absolute atomic E-state index is 0.0999. The second-order valence-corrected chi connectivity index (χ2v) is 6.26. The van der Waals surface area contributed by atoms with Gasteiger partial charge in [0.05, 0.1) is 11.5 Å². The monoisotopic (exact) mass is 295 g/mol. The summed E-state index contributed by atoms with van der Waals surface area (Å²) in [5.74, 6) is -0.227. The van der Waals surface area contributed by atoms with Crippen LogP contribution < -0.4 is 5.32 Å². The minimum atomic E-state index is -0.836. The average molecular weight is 295 g/mol. The summed E-state index contributed by atoms with van der Waals surface area (Å²) in [6, 6.07) is 1.69. The van der Waals surface area contributed by atoms with Crippen LogP contribution in [0.1, 0.15) is 28.9 Å². The maximum absolute atomic E-state index is 12.4. The number of hydrogen-bond donors (Lipinski definition) is 2. The second-order valence-electron chi connectivity index (χ2n) is 5.42. The quantitative estimate of drug-likeness (QED) is 0.778. The number of rotatable bonds is 1. The van der Waals surface area contributed by atoms with E-state index in [9.17, 15) is 14.7 Å². The summed E-state index contributed by atoms with van der Waals surface area (Å²) < 4.78 is 3.94. The van der Waals surface area contributed by atoms with Crippen LogP contribution in [0.2, 0.25) is 0 Å². The first kappa shape index (κ1) is 13.5. The number of piperidine rings is 2. The maximum Gasteiger partial charge on any atom is 0.265 e. The molecule has 0 unspecified atom stereocenters. The summed E-state index contributed by atoms with van der Waals surface area (Å²) in [5.41, 5.74) is -0.836. The minimum Gasteiger partial charge on any atom is -0.392 e. The molecule has 1 aromatic rings. The van der Waals surface area contributed by atoms with E-state index in [4.69, 9.17) is 0 Å². The molecule has 2 atom stereocenters. The van der Waals surface area contributed by atoms with Crippen molar-refractivity contribution < 1.29 is 14.7 Å². The van der Waals surface area contributed by atoms with Crippen LogP contribution in [-0.4, -0.2) is 51.9 Å². The molecular weight excluding hydrogens is 278 g/mol. The van der Waals surface area contributed by atoms with Crippen LogP contribution in [0.5, 0.6) is 0 Å². The van der Waals surface area contributed by atoms with E-state index in [0.29, 0.717) is 30.8 Å². The zero-order chi connectivity index (χ0) is 14.2. The third-order valence-electron chi connectivity index (χ3n) is 4.26. The van der Waals surface area contributed by atoms with Crippen molar-refractivity contribution in [2.45, 2.75) is 25.4 Å². The van der Waals surface area contributed by atoms with Gasteiger partial charge in [0, 0.05) is 25.8 Å². The topological polar surface area (TPSA) is 82.5 Å². The fraction of sp³-hybridized carbons (Fsp3) is 0.615. The first-order chi connectivity index (χ1) is 9.63. The normalized spacial score (nSPS) is 30.4. The highest BCUT2D eigenvalue weighted by molar-refractivity contribution is 7.08. The van der Waals surface area contributed by atoms with Gasteiger partial charge in [-0.25, -0.2) is 4.37 Å². The van der Waals surface area contributed by atoms with Crippen LogP contribution in [0.25, 0.3) is 0 Å². The molecule has 7 heteroatoms. The van der Waals surface area contributed by atoms with Gasteiger partial charge in [-0.15, -0.1) is 0 Å². The molecule has 20 heavy (non-hydrogen) atoms. The van der Waals surface area contributed by atoms with Crippen molar-refractivity contribution in [3.63, 3.8) is 0 Å². The van der Waals surface area contributed by atoms with Gasteiger partial charge in [-0.05, 0) is 36.9 Å². The molecule has 2 fully saturated rings. The maximum atomic E-state index is 12.4. The zero-order valence-electron chi connectivity index (χ0n) is 11.0. The highest BCUT2D eigenvalue weighted by Gasteiger charge is 2.50. The molecule has 2 N–H and O–H groups in total. The number of aromatic nitrogens is 1. The summed E-state index contributed by atoms with van der Waals surface area (Å²) in [5, 5.41) is 13.1. The second kappa shape index (κ2) is 5.14. The van der Waals surface area contributed by atoms with Crippen LogP contribution in [0.4, 0.5) is 0 Å². The molecule has 1 spiro atoms. The van der Waals surface area contributed by atoms with Crippen molar-refractivity contribution in [1.82, 2.24) is 14.6 Å². The molecule has 2 saturated heterocycles. The highest BCUT2D eigenvalue weighted by atomic mass is 32.1. The number of aliphatic hydroxyl groups excluding tert-OH is 1. The largest absolute Gasteiger partial charge is 0.392 e. The van der Waals surface area contributed by atoms with Crippen LogP contribution in [-0.2, 0) is 4.79 Å².